The maximum absolute atomic E-state index is 5.49. The van der Waals surface area contributed by atoms with E-state index in [1.807, 2.05) is 35.0 Å². The average Bonchev–Trinajstić information content (AvgIpc) is 2.71. The van der Waals surface area contributed by atoms with Crippen LogP contribution in [0.1, 0.15) is 5.56 Å². The van der Waals surface area contributed by atoms with E-state index in [0.29, 0.717) is 6.54 Å². The maximum atomic E-state index is 5.49. The molecule has 3 nitrogen and oxygen atoms in total. The fraction of sp³-hybridized carbons (Fsp3) is 0.100. The van der Waals surface area contributed by atoms with Crippen molar-refractivity contribution in [2.24, 2.45) is 5.73 Å². The highest BCUT2D eigenvalue weighted by molar-refractivity contribution is 5.34. The molecule has 1 radical (unpaired) electrons. The Labute approximate surface area is 76.8 Å². The molecule has 0 spiro atoms. The predicted octanol–water partition coefficient (Wildman–Crippen LogP) is 1.13. The topological polar surface area (TPSA) is 43.8 Å². The third-order valence-electron chi connectivity index (χ3n) is 1.91. The van der Waals surface area contributed by atoms with Gasteiger partial charge in [0.05, 0.1) is 0 Å². The van der Waals surface area contributed by atoms with Crippen molar-refractivity contribution >= 4 is 0 Å². The third kappa shape index (κ3) is 1.60. The van der Waals surface area contributed by atoms with E-state index in [2.05, 4.69) is 11.3 Å². The number of nitrogens with two attached hydrogens (primary N) is 1. The second-order valence-electron chi connectivity index (χ2n) is 2.77. The summed E-state index contributed by atoms with van der Waals surface area (Å²) in [6.45, 7) is 0.577. The SMILES string of the molecule is NCc1ccc(-n2[c]ncc2)cc1. The number of imidazole rings is 1. The number of benzene rings is 1. The zero-order valence-electron chi connectivity index (χ0n) is 7.14. The molecule has 0 aliphatic carbocycles. The average molecular weight is 172 g/mol. The van der Waals surface area contributed by atoms with Gasteiger partial charge in [0.25, 0.3) is 0 Å². The minimum atomic E-state index is 0.577. The Hall–Kier alpha value is -1.61. The van der Waals surface area contributed by atoms with E-state index in [9.17, 15) is 0 Å². The molecule has 1 heterocycles. The molecule has 2 aromatic rings. The predicted molar refractivity (Wildman–Crippen MR) is 50.3 cm³/mol. The zero-order valence-corrected chi connectivity index (χ0v) is 7.14. The van der Waals surface area contributed by atoms with Crippen molar-refractivity contribution in [2.45, 2.75) is 6.54 Å². The van der Waals surface area contributed by atoms with Crippen LogP contribution in [0, 0.1) is 6.33 Å². The molecule has 0 saturated carbocycles. The smallest absolute Gasteiger partial charge is 0.181 e. The lowest BCUT2D eigenvalue weighted by molar-refractivity contribution is 1.03. The molecule has 0 atom stereocenters. The van der Waals surface area contributed by atoms with E-state index in [1.165, 1.54) is 0 Å². The number of aromatic nitrogens is 2. The van der Waals surface area contributed by atoms with Gasteiger partial charge in [-0.15, -0.1) is 0 Å². The van der Waals surface area contributed by atoms with Gasteiger partial charge < -0.3 is 5.73 Å². The van der Waals surface area contributed by atoms with Gasteiger partial charge in [0.1, 0.15) is 0 Å². The molecule has 0 unspecified atom stereocenters. The molecule has 1 aromatic heterocycles. The molecule has 65 valence electrons. The van der Waals surface area contributed by atoms with E-state index in [-0.39, 0.29) is 0 Å². The van der Waals surface area contributed by atoms with E-state index >= 15 is 0 Å². The molecule has 0 aliphatic rings. The highest BCUT2D eigenvalue weighted by atomic mass is 15.0. The van der Waals surface area contributed by atoms with Crippen molar-refractivity contribution in [3.05, 3.63) is 48.5 Å². The summed E-state index contributed by atoms with van der Waals surface area (Å²) >= 11 is 0. The molecule has 1 aromatic carbocycles. The first-order valence-electron chi connectivity index (χ1n) is 4.10. The van der Waals surface area contributed by atoms with Gasteiger partial charge in [-0.2, -0.15) is 0 Å². The Morgan fingerprint density at radius 2 is 2.08 bits per heavy atom. The van der Waals surface area contributed by atoms with Crippen LogP contribution in [-0.2, 0) is 6.54 Å². The van der Waals surface area contributed by atoms with Crippen molar-refractivity contribution < 1.29 is 0 Å². The van der Waals surface area contributed by atoms with Crippen molar-refractivity contribution in [3.63, 3.8) is 0 Å². The first-order valence-corrected chi connectivity index (χ1v) is 4.10. The van der Waals surface area contributed by atoms with E-state index in [1.54, 1.807) is 6.20 Å². The van der Waals surface area contributed by atoms with Gasteiger partial charge in [0.2, 0.25) is 0 Å². The van der Waals surface area contributed by atoms with Crippen LogP contribution >= 0.6 is 0 Å². The standard InChI is InChI=1S/C10H10N3/c11-7-9-1-3-10(4-2-9)13-6-5-12-8-13/h1-6H,7,11H2. The fourth-order valence-corrected chi connectivity index (χ4v) is 1.17. The van der Waals surface area contributed by atoms with Gasteiger partial charge in [-0.25, -0.2) is 4.98 Å². The lowest BCUT2D eigenvalue weighted by Gasteiger charge is -2.01. The van der Waals surface area contributed by atoms with Crippen molar-refractivity contribution in [3.8, 4) is 5.69 Å². The van der Waals surface area contributed by atoms with Crippen molar-refractivity contribution in [2.75, 3.05) is 0 Å². The minimum Gasteiger partial charge on any atom is -0.326 e. The highest BCUT2D eigenvalue weighted by Crippen LogP contribution is 2.07. The van der Waals surface area contributed by atoms with Gasteiger partial charge >= 0.3 is 0 Å². The Balaban J connectivity index is 2.33. The lowest BCUT2D eigenvalue weighted by atomic mass is 10.2. The lowest BCUT2D eigenvalue weighted by Crippen LogP contribution is -1.96. The zero-order chi connectivity index (χ0) is 9.10. The summed E-state index contributed by atoms with van der Waals surface area (Å²) in [4.78, 5) is 3.85. The minimum absolute atomic E-state index is 0.577. The van der Waals surface area contributed by atoms with Gasteiger partial charge in [-0.05, 0) is 17.7 Å². The Bertz CT molecular complexity index is 362. The summed E-state index contributed by atoms with van der Waals surface area (Å²) in [5.41, 5.74) is 7.67. The van der Waals surface area contributed by atoms with Crippen LogP contribution in [0.5, 0.6) is 0 Å². The Morgan fingerprint density at radius 3 is 2.62 bits per heavy atom. The monoisotopic (exact) mass is 172 g/mol. The summed E-state index contributed by atoms with van der Waals surface area (Å²) in [5, 5.41) is 0. The van der Waals surface area contributed by atoms with Crippen LogP contribution in [0.2, 0.25) is 0 Å². The van der Waals surface area contributed by atoms with Crippen molar-refractivity contribution in [1.82, 2.24) is 9.55 Å². The second kappa shape index (κ2) is 3.41. The quantitative estimate of drug-likeness (QED) is 0.738. The summed E-state index contributed by atoms with van der Waals surface area (Å²) in [6.07, 6.45) is 6.39. The van der Waals surface area contributed by atoms with Crippen LogP contribution in [0.15, 0.2) is 36.7 Å². The normalized spacial score (nSPS) is 10.2. The number of hydrogen-bond donors (Lipinski definition) is 1. The Morgan fingerprint density at radius 1 is 1.31 bits per heavy atom. The van der Waals surface area contributed by atoms with Gasteiger partial charge in [-0.3, -0.25) is 4.57 Å². The van der Waals surface area contributed by atoms with Crippen LogP contribution in [0.25, 0.3) is 5.69 Å². The van der Waals surface area contributed by atoms with Crippen LogP contribution < -0.4 is 5.73 Å². The summed E-state index contributed by atoms with van der Waals surface area (Å²) < 4.78 is 1.83. The molecule has 2 rings (SSSR count). The molecule has 3 heteroatoms. The highest BCUT2D eigenvalue weighted by Gasteiger charge is 1.94. The van der Waals surface area contributed by atoms with Crippen LogP contribution in [0.3, 0.4) is 0 Å². The van der Waals surface area contributed by atoms with E-state index < -0.39 is 0 Å². The molecular formula is C10H10N3. The molecule has 0 amide bonds. The second-order valence-corrected chi connectivity index (χ2v) is 2.77. The van der Waals surface area contributed by atoms with E-state index in [0.717, 1.165) is 11.3 Å². The molecule has 0 aliphatic heterocycles. The first kappa shape index (κ1) is 8.01. The summed E-state index contributed by atoms with van der Waals surface area (Å²) in [5.74, 6) is 0. The van der Waals surface area contributed by atoms with Crippen LogP contribution in [0.4, 0.5) is 0 Å². The molecular weight excluding hydrogens is 162 g/mol. The molecule has 2 N–H and O–H groups in total. The maximum Gasteiger partial charge on any atom is 0.181 e. The van der Waals surface area contributed by atoms with Gasteiger partial charge in [0, 0.05) is 24.6 Å². The first-order chi connectivity index (χ1) is 6.40. The Kier molecular flexibility index (Phi) is 2.10. The number of nitrogens with zero attached hydrogens (tertiary/aromatic N) is 2. The van der Waals surface area contributed by atoms with Gasteiger partial charge in [-0.1, -0.05) is 12.1 Å². The number of rotatable bonds is 2. The van der Waals surface area contributed by atoms with Crippen LogP contribution in [-0.4, -0.2) is 9.55 Å². The third-order valence-corrected chi connectivity index (χ3v) is 1.91. The van der Waals surface area contributed by atoms with Gasteiger partial charge in [0.15, 0.2) is 6.33 Å². The molecule has 0 fully saturated rings. The largest absolute Gasteiger partial charge is 0.326 e. The number of hydrogen-bond acceptors (Lipinski definition) is 2. The molecule has 0 bridgehead atoms. The van der Waals surface area contributed by atoms with Crippen molar-refractivity contribution in [1.29, 1.82) is 0 Å². The fourth-order valence-electron chi connectivity index (χ4n) is 1.17. The van der Waals surface area contributed by atoms with E-state index in [4.69, 9.17) is 5.73 Å². The summed E-state index contributed by atoms with van der Waals surface area (Å²) in [7, 11) is 0. The molecule has 13 heavy (non-hydrogen) atoms. The molecule has 0 saturated heterocycles. The summed E-state index contributed by atoms with van der Waals surface area (Å²) in [6, 6.07) is 8.01.